The number of hydrogen-bond donors (Lipinski definition) is 1. The molecule has 0 aliphatic carbocycles. The number of thioether (sulfide) groups is 1. The minimum atomic E-state index is -0.746. The van der Waals surface area contributed by atoms with E-state index in [1.54, 1.807) is 6.92 Å². The number of nitrogens with one attached hydrogen (secondary N) is 1. The van der Waals surface area contributed by atoms with E-state index >= 15 is 0 Å². The number of likely N-dealkylation sites (tertiary alicyclic amines) is 1. The fraction of sp³-hybridized carbons (Fsp3) is 0.692. The third-order valence-electron chi connectivity index (χ3n) is 3.10. The average Bonchev–Trinajstić information content (AvgIpc) is 2.94. The molecule has 1 N–H and O–H groups in total. The van der Waals surface area contributed by atoms with Gasteiger partial charge in [0.05, 0.1) is 18.9 Å². The minimum Gasteiger partial charge on any atom is -0.450 e. The van der Waals surface area contributed by atoms with E-state index in [9.17, 15) is 9.59 Å². The molecular formula is C13H20N4O4S. The van der Waals surface area contributed by atoms with Gasteiger partial charge >= 0.3 is 6.09 Å². The second kappa shape index (κ2) is 8.74. The van der Waals surface area contributed by atoms with E-state index < -0.39 is 12.0 Å². The number of carbonyl (C=O) groups is 2. The molecule has 1 aromatic heterocycles. The van der Waals surface area contributed by atoms with Gasteiger partial charge in [-0.2, -0.15) is 0 Å². The van der Waals surface area contributed by atoms with E-state index in [0.29, 0.717) is 17.7 Å². The second-order valence-corrected chi connectivity index (χ2v) is 5.78. The van der Waals surface area contributed by atoms with Gasteiger partial charge in [0.15, 0.2) is 0 Å². The predicted molar refractivity (Wildman–Crippen MR) is 79.3 cm³/mol. The minimum absolute atomic E-state index is 0.0180. The van der Waals surface area contributed by atoms with Crippen molar-refractivity contribution in [3.05, 3.63) is 5.89 Å². The lowest BCUT2D eigenvalue weighted by molar-refractivity contribution is -0.117. The van der Waals surface area contributed by atoms with Crippen LogP contribution in [0.2, 0.25) is 0 Å². The zero-order chi connectivity index (χ0) is 15.8. The molecule has 1 aliphatic rings. The van der Waals surface area contributed by atoms with E-state index in [1.165, 1.54) is 19.3 Å². The molecule has 2 rings (SSSR count). The lowest BCUT2D eigenvalue weighted by Gasteiger charge is -2.24. The number of carbonyl (C=O) groups excluding carboxylic acids is 2. The molecule has 9 heteroatoms. The summed E-state index contributed by atoms with van der Waals surface area (Å²) in [6.07, 6.45) is 2.93. The number of aromatic nitrogens is 2. The Morgan fingerprint density at radius 3 is 2.82 bits per heavy atom. The summed E-state index contributed by atoms with van der Waals surface area (Å²) in [6, 6.07) is 0. The first kappa shape index (κ1) is 16.8. The molecule has 2 heterocycles. The van der Waals surface area contributed by atoms with Gasteiger partial charge in [0, 0.05) is 0 Å². The van der Waals surface area contributed by atoms with Crippen molar-refractivity contribution >= 4 is 23.8 Å². The molecule has 0 spiro atoms. The highest BCUT2D eigenvalue weighted by Crippen LogP contribution is 2.18. The second-order valence-electron chi connectivity index (χ2n) is 4.86. The molecule has 0 unspecified atom stereocenters. The molecule has 1 aromatic rings. The van der Waals surface area contributed by atoms with Crippen LogP contribution in [0.25, 0.3) is 0 Å². The smallest absolute Gasteiger partial charge is 0.413 e. The molecular weight excluding hydrogens is 308 g/mol. The van der Waals surface area contributed by atoms with Gasteiger partial charge in [0.1, 0.15) is 0 Å². The van der Waals surface area contributed by atoms with Crippen molar-refractivity contribution in [1.29, 1.82) is 0 Å². The molecule has 0 aromatic carbocycles. The van der Waals surface area contributed by atoms with Crippen LogP contribution in [-0.2, 0) is 16.1 Å². The molecule has 122 valence electrons. The number of nitrogens with zero attached hydrogens (tertiary/aromatic N) is 3. The first-order chi connectivity index (χ1) is 10.7. The van der Waals surface area contributed by atoms with Gasteiger partial charge in [-0.1, -0.05) is 18.2 Å². The number of ether oxygens (including phenoxy) is 1. The van der Waals surface area contributed by atoms with E-state index in [0.717, 1.165) is 24.9 Å². The summed E-state index contributed by atoms with van der Waals surface area (Å²) in [4.78, 5) is 24.8. The van der Waals surface area contributed by atoms with Crippen molar-refractivity contribution in [3.63, 3.8) is 0 Å². The van der Waals surface area contributed by atoms with Gasteiger partial charge in [0.25, 0.3) is 5.22 Å². The molecule has 1 fully saturated rings. The number of amides is 2. The molecule has 1 aliphatic heterocycles. The number of rotatable bonds is 6. The molecule has 0 bridgehead atoms. The first-order valence-corrected chi connectivity index (χ1v) is 8.30. The summed E-state index contributed by atoms with van der Waals surface area (Å²) in [6.45, 7) is 4.62. The topological polar surface area (TPSA) is 97.6 Å². The van der Waals surface area contributed by atoms with Gasteiger partial charge in [0.2, 0.25) is 11.8 Å². The SMILES string of the molecule is CCOC(=O)NC(=O)CSc1nnc(CN2CCCCC2)o1. The van der Waals surface area contributed by atoms with Crippen molar-refractivity contribution in [3.8, 4) is 0 Å². The molecule has 0 saturated carbocycles. The van der Waals surface area contributed by atoms with Crippen LogP contribution < -0.4 is 5.32 Å². The Kier molecular flexibility index (Phi) is 6.66. The lowest BCUT2D eigenvalue weighted by Crippen LogP contribution is -2.32. The van der Waals surface area contributed by atoms with Crippen LogP contribution in [0, 0.1) is 0 Å². The Labute approximate surface area is 133 Å². The largest absolute Gasteiger partial charge is 0.450 e. The number of piperidine rings is 1. The van der Waals surface area contributed by atoms with Crippen LogP contribution in [0.3, 0.4) is 0 Å². The standard InChI is InChI=1S/C13H20N4O4S/c1-2-20-12(19)14-10(18)9-22-13-16-15-11(21-13)8-17-6-4-3-5-7-17/h2-9H2,1H3,(H,14,18,19). The molecule has 8 nitrogen and oxygen atoms in total. The van der Waals surface area contributed by atoms with Gasteiger partial charge < -0.3 is 9.15 Å². The molecule has 0 radical (unpaired) electrons. The Morgan fingerprint density at radius 2 is 2.09 bits per heavy atom. The van der Waals surface area contributed by atoms with Crippen LogP contribution in [0.1, 0.15) is 32.1 Å². The van der Waals surface area contributed by atoms with E-state index in [2.05, 4.69) is 25.2 Å². The predicted octanol–water partition coefficient (Wildman–Crippen LogP) is 1.42. The normalized spacial score (nSPS) is 15.5. The third kappa shape index (κ3) is 5.64. The van der Waals surface area contributed by atoms with E-state index in [4.69, 9.17) is 4.42 Å². The summed E-state index contributed by atoms with van der Waals surface area (Å²) < 4.78 is 10.1. The number of hydrogen-bond acceptors (Lipinski definition) is 8. The van der Waals surface area contributed by atoms with Crippen LogP contribution in [-0.4, -0.2) is 52.5 Å². The summed E-state index contributed by atoms with van der Waals surface area (Å²) in [7, 11) is 0. The Bertz CT molecular complexity index is 502. The monoisotopic (exact) mass is 328 g/mol. The average molecular weight is 328 g/mol. The first-order valence-electron chi connectivity index (χ1n) is 7.31. The van der Waals surface area contributed by atoms with Gasteiger partial charge in [-0.05, 0) is 32.9 Å². The molecule has 22 heavy (non-hydrogen) atoms. The van der Waals surface area contributed by atoms with Crippen LogP contribution >= 0.6 is 11.8 Å². The van der Waals surface area contributed by atoms with Crippen molar-refractivity contribution in [2.45, 2.75) is 38.0 Å². The van der Waals surface area contributed by atoms with Crippen LogP contribution in [0.4, 0.5) is 4.79 Å². The highest BCUT2D eigenvalue weighted by atomic mass is 32.2. The maximum atomic E-state index is 11.5. The van der Waals surface area contributed by atoms with Gasteiger partial charge in [-0.25, -0.2) is 4.79 Å². The van der Waals surface area contributed by atoms with Crippen molar-refractivity contribution in [2.75, 3.05) is 25.4 Å². The fourth-order valence-electron chi connectivity index (χ4n) is 2.11. The van der Waals surface area contributed by atoms with Crippen LogP contribution in [0.15, 0.2) is 9.64 Å². The lowest BCUT2D eigenvalue weighted by atomic mass is 10.1. The zero-order valence-electron chi connectivity index (χ0n) is 12.5. The van der Waals surface area contributed by atoms with Gasteiger partial charge in [-0.3, -0.25) is 15.0 Å². The summed E-state index contributed by atoms with van der Waals surface area (Å²) in [5.41, 5.74) is 0. The summed E-state index contributed by atoms with van der Waals surface area (Å²) in [5, 5.41) is 10.3. The molecule has 1 saturated heterocycles. The zero-order valence-corrected chi connectivity index (χ0v) is 13.4. The molecule has 0 atom stereocenters. The number of imide groups is 1. The summed E-state index contributed by atoms with van der Waals surface area (Å²) in [5.74, 6) is 0.110. The van der Waals surface area contributed by atoms with Crippen molar-refractivity contribution in [2.24, 2.45) is 0 Å². The Morgan fingerprint density at radius 1 is 1.32 bits per heavy atom. The maximum absolute atomic E-state index is 11.5. The van der Waals surface area contributed by atoms with Crippen LogP contribution in [0.5, 0.6) is 0 Å². The highest BCUT2D eigenvalue weighted by molar-refractivity contribution is 7.99. The Hall–Kier alpha value is -1.61. The Balaban J connectivity index is 1.72. The molecule has 2 amide bonds. The number of alkyl carbamates (subject to hydrolysis) is 1. The highest BCUT2D eigenvalue weighted by Gasteiger charge is 2.16. The third-order valence-corrected chi connectivity index (χ3v) is 3.92. The van der Waals surface area contributed by atoms with Crippen molar-refractivity contribution in [1.82, 2.24) is 20.4 Å². The van der Waals surface area contributed by atoms with Gasteiger partial charge in [-0.15, -0.1) is 10.2 Å². The van der Waals surface area contributed by atoms with E-state index in [1.807, 2.05) is 0 Å². The van der Waals surface area contributed by atoms with Crippen molar-refractivity contribution < 1.29 is 18.7 Å². The summed E-state index contributed by atoms with van der Waals surface area (Å²) >= 11 is 1.09. The maximum Gasteiger partial charge on any atom is 0.413 e. The quantitative estimate of drug-likeness (QED) is 0.783. The fourth-order valence-corrected chi connectivity index (χ4v) is 2.69. The van der Waals surface area contributed by atoms with E-state index in [-0.39, 0.29) is 12.4 Å².